The number of thiazole rings is 1. The maximum absolute atomic E-state index is 5.95. The second kappa shape index (κ2) is 10.2. The topological polar surface area (TPSA) is 59.5 Å². The fourth-order valence-electron chi connectivity index (χ4n) is 4.05. The lowest BCUT2D eigenvalue weighted by molar-refractivity contribution is 0.174. The van der Waals surface area contributed by atoms with Gasteiger partial charge < -0.3 is 14.8 Å². The van der Waals surface area contributed by atoms with Crippen LogP contribution in [-0.2, 0) is 17.9 Å². The number of pyridine rings is 1. The number of nitrogens with one attached hydrogen (secondary N) is 1. The van der Waals surface area contributed by atoms with E-state index in [2.05, 4.69) is 45.5 Å². The zero-order valence-electron chi connectivity index (χ0n) is 18.4. The van der Waals surface area contributed by atoms with E-state index >= 15 is 0 Å². The average Bonchev–Trinajstić information content (AvgIpc) is 3.42. The van der Waals surface area contributed by atoms with Gasteiger partial charge in [-0.3, -0.25) is 4.90 Å². The highest BCUT2D eigenvalue weighted by Gasteiger charge is 2.27. The van der Waals surface area contributed by atoms with E-state index in [4.69, 9.17) is 14.5 Å². The maximum atomic E-state index is 5.95. The highest BCUT2D eigenvalue weighted by molar-refractivity contribution is 7.13. The molecule has 1 aliphatic heterocycles. The molecule has 3 heterocycles. The molecule has 1 aliphatic rings. The molecule has 1 unspecified atom stereocenters. The van der Waals surface area contributed by atoms with Crippen molar-refractivity contribution in [2.24, 2.45) is 0 Å². The number of likely N-dealkylation sites (tertiary alicyclic amines) is 1. The van der Waals surface area contributed by atoms with Gasteiger partial charge in [-0.2, -0.15) is 0 Å². The molecule has 4 rings (SSSR count). The Morgan fingerprint density at radius 2 is 2.16 bits per heavy atom. The smallest absolute Gasteiger partial charge is 0.188 e. The molecule has 3 aromatic rings. The number of rotatable bonds is 9. The minimum absolute atomic E-state index is 0.140. The van der Waals surface area contributed by atoms with E-state index in [1.54, 1.807) is 24.6 Å². The SMILES string of the molecule is COCc1cc(CN2CCCC2c2cccc(Nc3nccs3)n2)ccc1OC(C)C. The second-order valence-electron chi connectivity index (χ2n) is 8.08. The van der Waals surface area contributed by atoms with Gasteiger partial charge in [0, 0.05) is 30.8 Å². The van der Waals surface area contributed by atoms with Gasteiger partial charge in [0.2, 0.25) is 0 Å². The lowest BCUT2D eigenvalue weighted by atomic mass is 10.1. The molecule has 0 saturated carbocycles. The monoisotopic (exact) mass is 438 g/mol. The first-order valence-electron chi connectivity index (χ1n) is 10.8. The predicted octanol–water partition coefficient (Wildman–Crippen LogP) is 5.55. The van der Waals surface area contributed by atoms with E-state index in [9.17, 15) is 0 Å². The van der Waals surface area contributed by atoms with Crippen molar-refractivity contribution in [1.82, 2.24) is 14.9 Å². The van der Waals surface area contributed by atoms with Crippen molar-refractivity contribution in [3.05, 3.63) is 64.8 Å². The van der Waals surface area contributed by atoms with Crippen LogP contribution in [0.5, 0.6) is 5.75 Å². The van der Waals surface area contributed by atoms with E-state index in [1.807, 2.05) is 25.3 Å². The largest absolute Gasteiger partial charge is 0.491 e. The zero-order chi connectivity index (χ0) is 21.6. The summed E-state index contributed by atoms with van der Waals surface area (Å²) < 4.78 is 11.4. The number of nitrogens with zero attached hydrogens (tertiary/aromatic N) is 3. The van der Waals surface area contributed by atoms with Crippen LogP contribution in [-0.4, -0.2) is 34.6 Å². The van der Waals surface area contributed by atoms with Gasteiger partial charge in [-0.15, -0.1) is 11.3 Å². The van der Waals surface area contributed by atoms with Crippen molar-refractivity contribution in [3.63, 3.8) is 0 Å². The molecule has 1 aromatic carbocycles. The summed E-state index contributed by atoms with van der Waals surface area (Å²) in [5, 5.41) is 6.13. The van der Waals surface area contributed by atoms with Crippen molar-refractivity contribution in [1.29, 1.82) is 0 Å². The molecule has 7 heteroatoms. The van der Waals surface area contributed by atoms with Crippen LogP contribution in [0.2, 0.25) is 0 Å². The van der Waals surface area contributed by atoms with Crippen LogP contribution in [0.25, 0.3) is 0 Å². The molecule has 0 aliphatic carbocycles. The van der Waals surface area contributed by atoms with E-state index in [-0.39, 0.29) is 6.10 Å². The van der Waals surface area contributed by atoms with Gasteiger partial charge >= 0.3 is 0 Å². The Hall–Kier alpha value is -2.48. The summed E-state index contributed by atoms with van der Waals surface area (Å²) in [6, 6.07) is 13.0. The Labute approximate surface area is 188 Å². The number of anilines is 2. The fraction of sp³-hybridized carbons (Fsp3) is 0.417. The lowest BCUT2D eigenvalue weighted by Gasteiger charge is -2.25. The lowest BCUT2D eigenvalue weighted by Crippen LogP contribution is -2.23. The Balaban J connectivity index is 1.49. The Bertz CT molecular complexity index is 977. The summed E-state index contributed by atoms with van der Waals surface area (Å²) in [5.41, 5.74) is 3.47. The van der Waals surface area contributed by atoms with Crippen molar-refractivity contribution in [2.75, 3.05) is 19.0 Å². The van der Waals surface area contributed by atoms with Crippen LogP contribution in [0.1, 0.15) is 49.6 Å². The summed E-state index contributed by atoms with van der Waals surface area (Å²) in [6.07, 6.45) is 4.23. The minimum Gasteiger partial charge on any atom is -0.491 e. The Kier molecular flexibility index (Phi) is 7.17. The first-order chi connectivity index (χ1) is 15.1. The third kappa shape index (κ3) is 5.61. The molecule has 164 valence electrons. The summed E-state index contributed by atoms with van der Waals surface area (Å²) in [4.78, 5) is 11.7. The van der Waals surface area contributed by atoms with Gasteiger partial charge in [0.1, 0.15) is 11.6 Å². The Morgan fingerprint density at radius 3 is 2.94 bits per heavy atom. The number of methoxy groups -OCH3 is 1. The quantitative estimate of drug-likeness (QED) is 0.472. The number of hydrogen-bond acceptors (Lipinski definition) is 7. The molecule has 31 heavy (non-hydrogen) atoms. The average molecular weight is 439 g/mol. The number of benzene rings is 1. The van der Waals surface area contributed by atoms with Crippen LogP contribution in [0.3, 0.4) is 0 Å². The van der Waals surface area contributed by atoms with E-state index in [0.29, 0.717) is 12.6 Å². The van der Waals surface area contributed by atoms with E-state index in [1.165, 1.54) is 12.0 Å². The zero-order valence-corrected chi connectivity index (χ0v) is 19.2. The number of hydrogen-bond donors (Lipinski definition) is 1. The van der Waals surface area contributed by atoms with Crippen molar-refractivity contribution in [3.8, 4) is 5.75 Å². The molecule has 1 N–H and O–H groups in total. The summed E-state index contributed by atoms with van der Waals surface area (Å²) >= 11 is 1.57. The fourth-order valence-corrected chi connectivity index (χ4v) is 4.59. The predicted molar refractivity (Wildman–Crippen MR) is 125 cm³/mol. The van der Waals surface area contributed by atoms with Gasteiger partial charge in [-0.25, -0.2) is 9.97 Å². The highest BCUT2D eigenvalue weighted by atomic mass is 32.1. The summed E-state index contributed by atoms with van der Waals surface area (Å²) in [7, 11) is 1.72. The second-order valence-corrected chi connectivity index (χ2v) is 8.97. The normalized spacial score (nSPS) is 16.7. The standard InChI is InChI=1S/C24H30N4O2S/c1-17(2)30-22-10-9-18(14-19(22)16-29-3)15-28-12-5-7-21(28)20-6-4-8-23(26-20)27-24-25-11-13-31-24/h4,6,8-11,13-14,17,21H,5,7,12,15-16H2,1-3H3,(H,25,26,27). The van der Waals surface area contributed by atoms with E-state index in [0.717, 1.165) is 47.5 Å². The van der Waals surface area contributed by atoms with Crippen molar-refractivity contribution in [2.45, 2.75) is 52.0 Å². The van der Waals surface area contributed by atoms with Crippen molar-refractivity contribution >= 4 is 22.3 Å². The molecule has 2 aromatic heterocycles. The van der Waals surface area contributed by atoms with Crippen LogP contribution in [0.15, 0.2) is 48.0 Å². The van der Waals surface area contributed by atoms with Gasteiger partial charge in [0.05, 0.1) is 24.4 Å². The molecule has 1 fully saturated rings. The molecule has 0 amide bonds. The maximum Gasteiger partial charge on any atom is 0.188 e. The summed E-state index contributed by atoms with van der Waals surface area (Å²) in [5.74, 6) is 1.75. The van der Waals surface area contributed by atoms with Crippen molar-refractivity contribution < 1.29 is 9.47 Å². The molecule has 6 nitrogen and oxygen atoms in total. The number of aromatic nitrogens is 2. The van der Waals surface area contributed by atoms with Crippen LogP contribution >= 0.6 is 11.3 Å². The van der Waals surface area contributed by atoms with Gasteiger partial charge in [0.25, 0.3) is 0 Å². The van der Waals surface area contributed by atoms with Crippen LogP contribution < -0.4 is 10.1 Å². The molecular weight excluding hydrogens is 408 g/mol. The molecule has 0 spiro atoms. The highest BCUT2D eigenvalue weighted by Crippen LogP contribution is 2.34. The molecule has 1 saturated heterocycles. The molecule has 0 radical (unpaired) electrons. The first-order valence-corrected chi connectivity index (χ1v) is 11.7. The van der Waals surface area contributed by atoms with E-state index < -0.39 is 0 Å². The number of ether oxygens (including phenoxy) is 2. The molecule has 1 atom stereocenters. The first kappa shape index (κ1) is 21.7. The minimum atomic E-state index is 0.140. The summed E-state index contributed by atoms with van der Waals surface area (Å²) in [6.45, 7) is 6.59. The Morgan fingerprint density at radius 1 is 1.26 bits per heavy atom. The van der Waals surface area contributed by atoms with Crippen LogP contribution in [0.4, 0.5) is 10.9 Å². The van der Waals surface area contributed by atoms with Gasteiger partial charge in [0.15, 0.2) is 5.13 Å². The van der Waals surface area contributed by atoms with Gasteiger partial charge in [-0.05, 0) is 63.1 Å². The molecular formula is C24H30N4O2S. The third-order valence-electron chi connectivity index (χ3n) is 5.32. The third-order valence-corrected chi connectivity index (χ3v) is 6.00. The van der Waals surface area contributed by atoms with Gasteiger partial charge in [-0.1, -0.05) is 12.1 Å². The molecule has 0 bridgehead atoms. The van der Waals surface area contributed by atoms with Crippen LogP contribution in [0, 0.1) is 0 Å².